The lowest BCUT2D eigenvalue weighted by molar-refractivity contribution is -0.132. The van der Waals surface area contributed by atoms with Crippen LogP contribution < -0.4 is 10.2 Å². The highest BCUT2D eigenvalue weighted by Crippen LogP contribution is 2.22. The van der Waals surface area contributed by atoms with Gasteiger partial charge in [-0.15, -0.1) is 0 Å². The van der Waals surface area contributed by atoms with E-state index in [0.29, 0.717) is 31.7 Å². The Balaban J connectivity index is 1.39. The number of aliphatic imine (C=N–C) groups is 1. The number of hydrogen-bond donors (Lipinski definition) is 2. The monoisotopic (exact) mass is 425 g/mol. The second-order valence-corrected chi connectivity index (χ2v) is 7.73. The van der Waals surface area contributed by atoms with Gasteiger partial charge >= 0.3 is 0 Å². The Morgan fingerprint density at radius 3 is 2.77 bits per heavy atom. The minimum absolute atomic E-state index is 0.00348. The Bertz CT molecular complexity index is 975. The first-order valence-electron chi connectivity index (χ1n) is 10.3. The quantitative estimate of drug-likeness (QED) is 0.674. The van der Waals surface area contributed by atoms with Crippen molar-refractivity contribution >= 4 is 24.0 Å². The minimum atomic E-state index is -0.724. The van der Waals surface area contributed by atoms with Crippen molar-refractivity contribution in [3.05, 3.63) is 47.7 Å². The number of benzene rings is 1. The summed E-state index contributed by atoms with van der Waals surface area (Å²) in [4.78, 5) is 31.7. The molecular weight excluding hydrogens is 398 g/mol. The summed E-state index contributed by atoms with van der Waals surface area (Å²) in [6.07, 6.45) is 1.79. The number of aliphatic hydroxyl groups excluding tert-OH is 1. The van der Waals surface area contributed by atoms with E-state index < -0.39 is 12.2 Å². The van der Waals surface area contributed by atoms with Crippen molar-refractivity contribution in [3.8, 4) is 0 Å². The first kappa shape index (κ1) is 21.0. The molecule has 2 aromatic rings. The van der Waals surface area contributed by atoms with Crippen LogP contribution in [0.15, 0.2) is 41.4 Å². The number of fused-ring (bicyclic) bond motifs is 1. The van der Waals surface area contributed by atoms with Gasteiger partial charge in [-0.2, -0.15) is 10.1 Å². The van der Waals surface area contributed by atoms with Crippen molar-refractivity contribution in [1.29, 1.82) is 0 Å². The first-order valence-corrected chi connectivity index (χ1v) is 10.3. The standard InChI is InChI=1S/C21H27N7O3/c1-25-18-12-16(9-11-29)24-28(18)10-8-17(21(25)31)23-20(30)19-22-14-27(26(19)2)13-15-6-4-3-5-7-15/h3-7,12,14,17,19,29H,8-11,13H2,1-2H3,(H,23,30)/t17-,19?/m0/s1. The molecule has 10 heteroatoms. The van der Waals surface area contributed by atoms with E-state index in [2.05, 4.69) is 15.4 Å². The van der Waals surface area contributed by atoms with E-state index >= 15 is 0 Å². The number of aryl methyl sites for hydroxylation is 1. The number of carbonyl (C=O) groups is 2. The molecule has 3 heterocycles. The van der Waals surface area contributed by atoms with E-state index in [4.69, 9.17) is 5.11 Å². The topological polar surface area (TPSA) is 106 Å². The number of nitrogens with one attached hydrogen (secondary N) is 1. The van der Waals surface area contributed by atoms with Crippen molar-refractivity contribution in [2.75, 3.05) is 25.6 Å². The molecule has 1 aromatic heterocycles. The molecule has 164 valence electrons. The average Bonchev–Trinajstić information content (AvgIpc) is 3.31. The molecule has 2 aliphatic rings. The highest BCUT2D eigenvalue weighted by molar-refractivity contribution is 5.99. The molecule has 0 saturated carbocycles. The van der Waals surface area contributed by atoms with Gasteiger partial charge in [-0.3, -0.25) is 19.5 Å². The van der Waals surface area contributed by atoms with Crippen LogP contribution in [-0.4, -0.2) is 76.0 Å². The summed E-state index contributed by atoms with van der Waals surface area (Å²) in [6, 6.07) is 11.1. The lowest BCUT2D eigenvalue weighted by Gasteiger charge is -2.28. The number of carbonyl (C=O) groups excluding carboxylic acids is 2. The third-order valence-electron chi connectivity index (χ3n) is 5.62. The molecule has 31 heavy (non-hydrogen) atoms. The third-order valence-corrected chi connectivity index (χ3v) is 5.62. The summed E-state index contributed by atoms with van der Waals surface area (Å²) < 4.78 is 1.75. The molecule has 1 aromatic carbocycles. The molecule has 0 bridgehead atoms. The normalized spacial score (nSPS) is 21.3. The molecule has 2 N–H and O–H groups in total. The molecule has 4 rings (SSSR count). The van der Waals surface area contributed by atoms with Crippen LogP contribution in [0.1, 0.15) is 17.7 Å². The van der Waals surface area contributed by atoms with Crippen LogP contribution in [-0.2, 0) is 29.1 Å². The molecule has 2 amide bonds. The number of anilines is 1. The number of hydrogen-bond acceptors (Lipinski definition) is 7. The summed E-state index contributed by atoms with van der Waals surface area (Å²) in [5.41, 5.74) is 1.84. The zero-order chi connectivity index (χ0) is 22.0. The van der Waals surface area contributed by atoms with Crippen molar-refractivity contribution in [2.45, 2.75) is 38.1 Å². The molecule has 0 aliphatic carbocycles. The first-order chi connectivity index (χ1) is 15.0. The Labute approximate surface area is 180 Å². The number of likely N-dealkylation sites (N-methyl/N-ethyl adjacent to an activating group) is 2. The fraction of sp³-hybridized carbons (Fsp3) is 0.429. The highest BCUT2D eigenvalue weighted by atomic mass is 16.3. The van der Waals surface area contributed by atoms with Gasteiger partial charge in [0.2, 0.25) is 0 Å². The Kier molecular flexibility index (Phi) is 6.01. The van der Waals surface area contributed by atoms with E-state index in [-0.39, 0.29) is 18.4 Å². The van der Waals surface area contributed by atoms with Crippen molar-refractivity contribution in [1.82, 2.24) is 25.1 Å². The van der Waals surface area contributed by atoms with E-state index in [0.717, 1.165) is 11.3 Å². The molecule has 2 atom stereocenters. The van der Waals surface area contributed by atoms with Crippen LogP contribution in [0.4, 0.5) is 5.82 Å². The molecule has 1 unspecified atom stereocenters. The van der Waals surface area contributed by atoms with Gasteiger partial charge in [0, 0.05) is 39.7 Å². The summed E-state index contributed by atoms with van der Waals surface area (Å²) >= 11 is 0. The van der Waals surface area contributed by atoms with E-state index in [1.54, 1.807) is 36.2 Å². The zero-order valence-electron chi connectivity index (χ0n) is 17.7. The molecule has 2 aliphatic heterocycles. The van der Waals surface area contributed by atoms with Crippen LogP contribution in [0.5, 0.6) is 0 Å². The maximum absolute atomic E-state index is 13.0. The fourth-order valence-electron chi connectivity index (χ4n) is 3.85. The molecule has 0 spiro atoms. The minimum Gasteiger partial charge on any atom is -0.396 e. The lowest BCUT2D eigenvalue weighted by atomic mass is 10.2. The number of aliphatic hydroxyl groups is 1. The number of aromatic nitrogens is 2. The SMILES string of the molecule is CN1C(=O)[C@@H](NC(=O)C2N=CN(Cc3ccccc3)N2C)CCn2nc(CCO)cc21. The Morgan fingerprint density at radius 1 is 1.26 bits per heavy atom. The van der Waals surface area contributed by atoms with Crippen LogP contribution >= 0.6 is 0 Å². The summed E-state index contributed by atoms with van der Waals surface area (Å²) in [6.45, 7) is 1.10. The third kappa shape index (κ3) is 4.30. The predicted molar refractivity (Wildman–Crippen MR) is 115 cm³/mol. The summed E-state index contributed by atoms with van der Waals surface area (Å²) in [5.74, 6) is 0.144. The van der Waals surface area contributed by atoms with Gasteiger partial charge in [-0.1, -0.05) is 30.3 Å². The van der Waals surface area contributed by atoms with Crippen molar-refractivity contribution < 1.29 is 14.7 Å². The van der Waals surface area contributed by atoms with Gasteiger partial charge in [0.1, 0.15) is 18.2 Å². The van der Waals surface area contributed by atoms with Crippen LogP contribution in [0.3, 0.4) is 0 Å². The average molecular weight is 425 g/mol. The smallest absolute Gasteiger partial charge is 0.262 e. The van der Waals surface area contributed by atoms with Gasteiger partial charge in [0.25, 0.3) is 11.8 Å². The van der Waals surface area contributed by atoms with Crippen LogP contribution in [0.2, 0.25) is 0 Å². The summed E-state index contributed by atoms with van der Waals surface area (Å²) in [7, 11) is 3.48. The predicted octanol–water partition coefficient (Wildman–Crippen LogP) is -0.0138. The number of nitrogens with zero attached hydrogens (tertiary/aromatic N) is 6. The molecule has 10 nitrogen and oxygen atoms in total. The van der Waals surface area contributed by atoms with Gasteiger partial charge < -0.3 is 10.4 Å². The maximum atomic E-state index is 13.0. The van der Waals surface area contributed by atoms with Gasteiger partial charge in [-0.05, 0) is 12.0 Å². The molecule has 0 radical (unpaired) electrons. The maximum Gasteiger partial charge on any atom is 0.262 e. The van der Waals surface area contributed by atoms with Crippen molar-refractivity contribution in [3.63, 3.8) is 0 Å². The largest absolute Gasteiger partial charge is 0.396 e. The Hall–Kier alpha value is -3.24. The van der Waals surface area contributed by atoms with Gasteiger partial charge in [0.05, 0.1) is 12.2 Å². The Morgan fingerprint density at radius 2 is 2.03 bits per heavy atom. The zero-order valence-corrected chi connectivity index (χ0v) is 17.7. The number of hydrazine groups is 1. The van der Waals surface area contributed by atoms with Crippen LogP contribution in [0.25, 0.3) is 0 Å². The second-order valence-electron chi connectivity index (χ2n) is 7.73. The van der Waals surface area contributed by atoms with Crippen molar-refractivity contribution in [2.24, 2.45) is 4.99 Å². The fourth-order valence-corrected chi connectivity index (χ4v) is 3.85. The van der Waals surface area contributed by atoms with E-state index in [9.17, 15) is 9.59 Å². The highest BCUT2D eigenvalue weighted by Gasteiger charge is 2.35. The summed E-state index contributed by atoms with van der Waals surface area (Å²) in [5, 5.41) is 20.1. The van der Waals surface area contributed by atoms with Gasteiger partial charge in [-0.25, -0.2) is 9.67 Å². The number of rotatable bonds is 6. The van der Waals surface area contributed by atoms with Gasteiger partial charge in [0.15, 0.2) is 6.17 Å². The molecular formula is C21H27N7O3. The van der Waals surface area contributed by atoms with E-state index in [1.165, 1.54) is 4.90 Å². The second kappa shape index (κ2) is 8.86. The number of amides is 2. The van der Waals surface area contributed by atoms with E-state index in [1.807, 2.05) is 35.3 Å². The molecule has 0 fully saturated rings. The molecule has 0 saturated heterocycles. The lowest BCUT2D eigenvalue weighted by Crippen LogP contribution is -2.53. The van der Waals surface area contributed by atoms with Crippen LogP contribution in [0, 0.1) is 0 Å².